The Labute approximate surface area is 188 Å². The summed E-state index contributed by atoms with van der Waals surface area (Å²) in [5.41, 5.74) is 2.64. The summed E-state index contributed by atoms with van der Waals surface area (Å²) in [7, 11) is 0. The fourth-order valence-corrected chi connectivity index (χ4v) is 5.57. The van der Waals surface area contributed by atoms with Crippen molar-refractivity contribution in [1.29, 1.82) is 0 Å². The second-order valence-corrected chi connectivity index (χ2v) is 9.46. The first-order valence-corrected chi connectivity index (χ1v) is 12.1. The van der Waals surface area contributed by atoms with Gasteiger partial charge >= 0.3 is 11.7 Å². The van der Waals surface area contributed by atoms with Crippen molar-refractivity contribution < 1.29 is 13.9 Å². The van der Waals surface area contributed by atoms with E-state index in [-0.39, 0.29) is 17.6 Å². The highest BCUT2D eigenvalue weighted by atomic mass is 16.5. The molecule has 0 spiro atoms. The summed E-state index contributed by atoms with van der Waals surface area (Å²) in [6.07, 6.45) is 10.5. The minimum absolute atomic E-state index is 0.0793. The Morgan fingerprint density at radius 3 is 2.34 bits per heavy atom. The van der Waals surface area contributed by atoms with Crippen LogP contribution in [0.1, 0.15) is 69.3 Å². The molecule has 0 N–H and O–H groups in total. The molecule has 0 radical (unpaired) electrons. The molecule has 1 aliphatic heterocycles. The third-order valence-corrected chi connectivity index (χ3v) is 7.45. The van der Waals surface area contributed by atoms with Crippen LogP contribution in [0.3, 0.4) is 0 Å². The van der Waals surface area contributed by atoms with Crippen molar-refractivity contribution in [2.24, 2.45) is 11.8 Å². The Balaban J connectivity index is 1.03. The molecule has 1 aliphatic carbocycles. The Hall–Kier alpha value is -2.82. The molecular weight excluding hydrogens is 402 g/mol. The van der Waals surface area contributed by atoms with Crippen molar-refractivity contribution in [3.8, 4) is 5.75 Å². The SMILES string of the molecule is O=C1Oc2ccccc2C1CCCCC1CCC(CCn2c(=O)oc3ccccc32)CC1. The molecule has 2 heterocycles. The summed E-state index contributed by atoms with van der Waals surface area (Å²) in [6.45, 7) is 0.740. The van der Waals surface area contributed by atoms with Crippen LogP contribution >= 0.6 is 0 Å². The highest BCUT2D eigenvalue weighted by molar-refractivity contribution is 5.85. The van der Waals surface area contributed by atoms with Gasteiger partial charge in [0.2, 0.25) is 0 Å². The Morgan fingerprint density at radius 1 is 0.812 bits per heavy atom. The number of carbonyl (C=O) groups excluding carboxylic acids is 1. The zero-order chi connectivity index (χ0) is 21.9. The molecule has 0 saturated heterocycles. The molecule has 1 fully saturated rings. The lowest BCUT2D eigenvalue weighted by Gasteiger charge is -2.28. The maximum absolute atomic E-state index is 12.2. The zero-order valence-electron chi connectivity index (χ0n) is 18.5. The van der Waals surface area contributed by atoms with E-state index in [9.17, 15) is 9.59 Å². The van der Waals surface area contributed by atoms with Crippen molar-refractivity contribution in [1.82, 2.24) is 4.57 Å². The quantitative estimate of drug-likeness (QED) is 0.246. The van der Waals surface area contributed by atoms with E-state index in [1.54, 1.807) is 4.57 Å². The second kappa shape index (κ2) is 9.35. The van der Waals surface area contributed by atoms with Gasteiger partial charge in [0.05, 0.1) is 11.4 Å². The smallest absolute Gasteiger partial charge is 0.419 e. The predicted octanol–water partition coefficient (Wildman–Crippen LogP) is 6.05. The van der Waals surface area contributed by atoms with Crippen molar-refractivity contribution in [2.45, 2.75) is 70.3 Å². The number of aromatic nitrogens is 1. The van der Waals surface area contributed by atoms with Gasteiger partial charge in [0.15, 0.2) is 5.58 Å². The number of nitrogens with zero attached hydrogens (tertiary/aromatic N) is 1. The van der Waals surface area contributed by atoms with Gasteiger partial charge in [-0.3, -0.25) is 9.36 Å². The molecule has 5 heteroatoms. The third kappa shape index (κ3) is 4.38. The Morgan fingerprint density at radius 2 is 1.50 bits per heavy atom. The van der Waals surface area contributed by atoms with E-state index in [1.165, 1.54) is 38.5 Å². The van der Waals surface area contributed by atoms with Crippen molar-refractivity contribution in [2.75, 3.05) is 0 Å². The molecule has 2 aromatic carbocycles. The highest BCUT2D eigenvalue weighted by Crippen LogP contribution is 2.38. The van der Waals surface area contributed by atoms with Crippen LogP contribution in [0, 0.1) is 11.8 Å². The third-order valence-electron chi connectivity index (χ3n) is 7.45. The molecule has 168 valence electrons. The van der Waals surface area contributed by atoms with Crippen LogP contribution in [0.2, 0.25) is 0 Å². The van der Waals surface area contributed by atoms with Gasteiger partial charge in [0.1, 0.15) is 5.75 Å². The van der Waals surface area contributed by atoms with Crippen LogP contribution in [0.5, 0.6) is 5.75 Å². The van der Waals surface area contributed by atoms with Gasteiger partial charge in [-0.2, -0.15) is 0 Å². The molecule has 1 saturated carbocycles. The summed E-state index contributed by atoms with van der Waals surface area (Å²) in [5, 5.41) is 0. The fraction of sp³-hybridized carbons (Fsp3) is 0.481. The summed E-state index contributed by atoms with van der Waals surface area (Å²) in [5.74, 6) is 1.82. The van der Waals surface area contributed by atoms with Crippen LogP contribution in [0.25, 0.3) is 11.1 Å². The molecular formula is C27H31NO4. The molecule has 1 atom stereocenters. The highest BCUT2D eigenvalue weighted by Gasteiger charge is 2.32. The number of benzene rings is 2. The number of para-hydroxylation sites is 3. The summed E-state index contributed by atoms with van der Waals surface area (Å²) >= 11 is 0. The number of fused-ring (bicyclic) bond motifs is 2. The largest absolute Gasteiger partial charge is 0.426 e. The summed E-state index contributed by atoms with van der Waals surface area (Å²) in [4.78, 5) is 24.3. The van der Waals surface area contributed by atoms with Gasteiger partial charge in [-0.25, -0.2) is 4.79 Å². The Kier molecular flexibility index (Phi) is 6.15. The van der Waals surface area contributed by atoms with Gasteiger partial charge in [0, 0.05) is 12.1 Å². The number of hydrogen-bond donors (Lipinski definition) is 0. The lowest BCUT2D eigenvalue weighted by molar-refractivity contribution is -0.134. The summed E-state index contributed by atoms with van der Waals surface area (Å²) in [6, 6.07) is 15.5. The molecule has 1 aromatic heterocycles. The number of carbonyl (C=O) groups is 1. The first-order chi connectivity index (χ1) is 15.7. The van der Waals surface area contributed by atoms with E-state index in [1.807, 2.05) is 48.5 Å². The molecule has 5 rings (SSSR count). The number of unbranched alkanes of at least 4 members (excludes halogenated alkanes) is 1. The monoisotopic (exact) mass is 433 g/mol. The zero-order valence-corrected chi connectivity index (χ0v) is 18.5. The van der Waals surface area contributed by atoms with Gasteiger partial charge in [-0.1, -0.05) is 75.3 Å². The van der Waals surface area contributed by atoms with Crippen molar-refractivity contribution in [3.05, 3.63) is 64.6 Å². The fourth-order valence-electron chi connectivity index (χ4n) is 5.57. The minimum Gasteiger partial charge on any atom is -0.426 e. The summed E-state index contributed by atoms with van der Waals surface area (Å²) < 4.78 is 12.5. The minimum atomic E-state index is -0.242. The van der Waals surface area contributed by atoms with Gasteiger partial charge in [-0.05, 0) is 42.9 Å². The van der Waals surface area contributed by atoms with E-state index >= 15 is 0 Å². The molecule has 0 amide bonds. The topological polar surface area (TPSA) is 61.4 Å². The number of ether oxygens (including phenoxy) is 1. The van der Waals surface area contributed by atoms with Crippen LogP contribution in [-0.4, -0.2) is 10.5 Å². The first-order valence-electron chi connectivity index (χ1n) is 12.1. The molecule has 2 aliphatic rings. The van der Waals surface area contributed by atoms with E-state index in [2.05, 4.69) is 0 Å². The standard InChI is InChI=1S/C27H31NO4/c29-26-22(21-8-3-5-11-24(21)31-26)9-2-1-7-19-13-15-20(16-14-19)17-18-28-23-10-4-6-12-25(23)32-27(28)30/h3-6,8,10-12,19-20,22H,1-2,7,9,13-18H2. The predicted molar refractivity (Wildman–Crippen MR) is 124 cm³/mol. The van der Waals surface area contributed by atoms with Crippen LogP contribution in [0.4, 0.5) is 0 Å². The normalized spacial score (nSPS) is 22.8. The van der Waals surface area contributed by atoms with E-state index in [4.69, 9.17) is 9.15 Å². The molecule has 1 unspecified atom stereocenters. The maximum atomic E-state index is 12.2. The maximum Gasteiger partial charge on any atom is 0.419 e. The number of aryl methyl sites for hydroxylation is 1. The Bertz CT molecular complexity index is 1140. The van der Waals surface area contributed by atoms with Gasteiger partial charge < -0.3 is 9.15 Å². The average molecular weight is 434 g/mol. The van der Waals surface area contributed by atoms with Gasteiger partial charge in [-0.15, -0.1) is 0 Å². The molecule has 0 bridgehead atoms. The van der Waals surface area contributed by atoms with Crippen molar-refractivity contribution in [3.63, 3.8) is 0 Å². The first kappa shape index (κ1) is 21.0. The molecule has 3 aromatic rings. The number of hydrogen-bond acceptors (Lipinski definition) is 4. The van der Waals surface area contributed by atoms with Crippen LogP contribution in [0.15, 0.2) is 57.7 Å². The van der Waals surface area contributed by atoms with E-state index < -0.39 is 0 Å². The second-order valence-electron chi connectivity index (χ2n) is 9.46. The van der Waals surface area contributed by atoms with E-state index in [0.29, 0.717) is 11.5 Å². The lowest BCUT2D eigenvalue weighted by atomic mass is 9.78. The average Bonchev–Trinajstić information content (AvgIpc) is 3.31. The van der Waals surface area contributed by atoms with Crippen molar-refractivity contribution >= 4 is 17.1 Å². The lowest BCUT2D eigenvalue weighted by Crippen LogP contribution is -2.20. The van der Waals surface area contributed by atoms with Crippen LogP contribution in [-0.2, 0) is 11.3 Å². The number of esters is 1. The van der Waals surface area contributed by atoms with Gasteiger partial charge in [0.25, 0.3) is 0 Å². The molecule has 5 nitrogen and oxygen atoms in total. The van der Waals surface area contributed by atoms with E-state index in [0.717, 1.165) is 48.6 Å². The molecule has 32 heavy (non-hydrogen) atoms. The number of oxazole rings is 1. The van der Waals surface area contributed by atoms with Crippen LogP contribution < -0.4 is 10.5 Å². The number of rotatable bonds is 8.